The number of hydrogen-bond donors (Lipinski definition) is 0. The van der Waals surface area contributed by atoms with E-state index in [9.17, 15) is 49.8 Å². The molecule has 0 atom stereocenters. The predicted molar refractivity (Wildman–Crippen MR) is 101 cm³/mol. The number of carbonyl (C=O) groups excluding carboxylic acids is 2. The summed E-state index contributed by atoms with van der Waals surface area (Å²) in [6, 6.07) is 0.407. The van der Waals surface area contributed by atoms with Crippen LogP contribution in [0.3, 0.4) is 0 Å². The summed E-state index contributed by atoms with van der Waals surface area (Å²) in [4.78, 5) is 22.7. The van der Waals surface area contributed by atoms with Gasteiger partial charge in [0.1, 0.15) is 0 Å². The molecule has 0 amide bonds. The van der Waals surface area contributed by atoms with E-state index in [1.54, 1.807) is 0 Å². The molecule has 0 N–H and O–H groups in total. The second-order valence-electron chi connectivity index (χ2n) is 8.59. The van der Waals surface area contributed by atoms with E-state index in [-0.39, 0.29) is 18.9 Å². The van der Waals surface area contributed by atoms with Crippen LogP contribution in [-0.4, -0.2) is 59.4 Å². The number of halogens is 8. The summed E-state index contributed by atoms with van der Waals surface area (Å²) < 4.78 is 113. The molecule has 188 valence electrons. The molecule has 0 heterocycles. The molecular weight excluding hydrogens is 492 g/mol. The molecule has 0 aliphatic heterocycles. The highest BCUT2D eigenvalue weighted by Gasteiger charge is 2.75. The van der Waals surface area contributed by atoms with Crippen molar-refractivity contribution in [2.24, 2.45) is 0 Å². The normalized spacial score (nSPS) is 14.6. The zero-order valence-corrected chi connectivity index (χ0v) is 20.0. The molecule has 0 rings (SSSR count). The molecule has 0 aliphatic rings. The van der Waals surface area contributed by atoms with Crippen molar-refractivity contribution in [2.75, 3.05) is 6.61 Å². The fourth-order valence-corrected chi connectivity index (χ4v) is 10.7. The SMILES string of the molecule is C[Si](C)(C)O[Si](C)(C)CCCC(=CC(=O)[O-])C(=O)OCC(F)(F)C(F)(F)C(F)(F)C(F)F. The van der Waals surface area contributed by atoms with Crippen molar-refractivity contribution in [2.45, 2.75) is 75.8 Å². The Bertz CT molecular complexity index is 706. The largest absolute Gasteiger partial charge is 0.545 e. The van der Waals surface area contributed by atoms with E-state index in [4.69, 9.17) is 4.12 Å². The standard InChI is InChI=1S/C17H26F8O5Si2/c1-31(2,3)30-32(4,5)8-6-7-11(9-12(26)27)13(28)29-10-15(20,21)17(24,25)16(22,23)14(18)19/h9,14H,6-8,10H2,1-5H3,(H,26,27)/p-1. The number of carboxylic acids is 1. The van der Waals surface area contributed by atoms with E-state index in [0.29, 0.717) is 6.04 Å². The van der Waals surface area contributed by atoms with E-state index in [0.717, 1.165) is 0 Å². The highest BCUT2D eigenvalue weighted by atomic mass is 28.4. The minimum atomic E-state index is -6.55. The lowest BCUT2D eigenvalue weighted by molar-refractivity contribution is -0.344. The van der Waals surface area contributed by atoms with E-state index in [1.165, 1.54) is 0 Å². The first kappa shape index (κ1) is 30.5. The Kier molecular flexibility index (Phi) is 10.1. The Morgan fingerprint density at radius 1 is 1.00 bits per heavy atom. The van der Waals surface area contributed by atoms with Gasteiger partial charge in [-0.05, 0) is 57.7 Å². The van der Waals surface area contributed by atoms with Gasteiger partial charge in [-0.1, -0.05) is 0 Å². The number of carbonyl (C=O) groups is 2. The Hall–Kier alpha value is -1.49. The van der Waals surface area contributed by atoms with Crippen LogP contribution in [0.5, 0.6) is 0 Å². The monoisotopic (exact) mass is 517 g/mol. The smallest absolute Gasteiger partial charge is 0.381 e. The van der Waals surface area contributed by atoms with Gasteiger partial charge in [0, 0.05) is 5.57 Å². The van der Waals surface area contributed by atoms with Crippen LogP contribution in [0.15, 0.2) is 11.6 Å². The predicted octanol–water partition coefficient (Wildman–Crippen LogP) is 4.21. The molecule has 0 fully saturated rings. The summed E-state index contributed by atoms with van der Waals surface area (Å²) >= 11 is 0. The van der Waals surface area contributed by atoms with E-state index < -0.39 is 64.9 Å². The van der Waals surface area contributed by atoms with Gasteiger partial charge in [0.2, 0.25) is 0 Å². The second-order valence-corrected chi connectivity index (χ2v) is 17.7. The molecule has 0 spiro atoms. The minimum Gasteiger partial charge on any atom is -0.545 e. The first-order valence-electron chi connectivity index (χ1n) is 9.26. The Morgan fingerprint density at radius 2 is 1.50 bits per heavy atom. The van der Waals surface area contributed by atoms with Gasteiger partial charge in [-0.3, -0.25) is 0 Å². The summed E-state index contributed by atoms with van der Waals surface area (Å²) in [7, 11) is -4.15. The first-order valence-corrected chi connectivity index (χ1v) is 15.8. The number of ether oxygens (including phenoxy) is 1. The summed E-state index contributed by atoms with van der Waals surface area (Å²) in [6.07, 6.45) is -5.14. The van der Waals surface area contributed by atoms with Crippen LogP contribution in [0.4, 0.5) is 35.1 Å². The fraction of sp³-hybridized carbons (Fsp3) is 0.765. The third-order valence-electron chi connectivity index (χ3n) is 3.90. The topological polar surface area (TPSA) is 75.7 Å². The highest BCUT2D eigenvalue weighted by Crippen LogP contribution is 2.48. The van der Waals surface area contributed by atoms with Gasteiger partial charge in [0.05, 0.1) is 5.97 Å². The Labute approximate surface area is 182 Å². The van der Waals surface area contributed by atoms with Crippen molar-refractivity contribution in [3.05, 3.63) is 11.6 Å². The van der Waals surface area contributed by atoms with Crippen molar-refractivity contribution in [1.82, 2.24) is 0 Å². The van der Waals surface area contributed by atoms with Gasteiger partial charge in [0.25, 0.3) is 0 Å². The summed E-state index contributed by atoms with van der Waals surface area (Å²) in [5, 5.41) is 10.8. The van der Waals surface area contributed by atoms with Crippen molar-refractivity contribution in [3.63, 3.8) is 0 Å². The van der Waals surface area contributed by atoms with Crippen LogP contribution in [0.2, 0.25) is 38.8 Å². The lowest BCUT2D eigenvalue weighted by Crippen LogP contribution is -2.59. The van der Waals surface area contributed by atoms with Gasteiger partial charge >= 0.3 is 30.2 Å². The van der Waals surface area contributed by atoms with Crippen molar-refractivity contribution < 1.29 is 58.7 Å². The van der Waals surface area contributed by atoms with Crippen LogP contribution in [0.1, 0.15) is 12.8 Å². The molecule has 0 aromatic rings. The molecule has 15 heteroatoms. The van der Waals surface area contributed by atoms with Crippen molar-refractivity contribution in [3.8, 4) is 0 Å². The lowest BCUT2D eigenvalue weighted by atomic mass is 10.1. The molecule has 0 radical (unpaired) electrons. The molecule has 0 unspecified atom stereocenters. The van der Waals surface area contributed by atoms with Gasteiger partial charge in [-0.25, -0.2) is 13.6 Å². The second kappa shape index (κ2) is 10.6. The van der Waals surface area contributed by atoms with Crippen LogP contribution >= 0.6 is 0 Å². The van der Waals surface area contributed by atoms with Crippen LogP contribution in [0.25, 0.3) is 0 Å². The minimum absolute atomic E-state index is 0.133. The number of aliphatic carboxylic acids is 1. The maximum atomic E-state index is 13.5. The molecule has 0 bridgehead atoms. The third kappa shape index (κ3) is 8.80. The molecule has 0 saturated heterocycles. The third-order valence-corrected chi connectivity index (χ3v) is 10.1. The molecular formula is C17H25F8O5Si2-. The maximum absolute atomic E-state index is 13.5. The van der Waals surface area contributed by atoms with Crippen LogP contribution in [0, 0.1) is 0 Å². The number of carboxylic acid groups (broad SMARTS) is 1. The number of esters is 1. The maximum Gasteiger partial charge on any atom is 0.381 e. The first-order chi connectivity index (χ1) is 14.1. The Balaban J connectivity index is 5.29. The van der Waals surface area contributed by atoms with Gasteiger partial charge in [-0.15, -0.1) is 0 Å². The van der Waals surface area contributed by atoms with Gasteiger partial charge in [-0.2, -0.15) is 26.3 Å². The molecule has 32 heavy (non-hydrogen) atoms. The zero-order chi connectivity index (χ0) is 25.8. The lowest BCUT2D eigenvalue weighted by Gasteiger charge is -2.32. The summed E-state index contributed by atoms with van der Waals surface area (Å²) in [5.41, 5.74) is -0.748. The van der Waals surface area contributed by atoms with Gasteiger partial charge < -0.3 is 18.8 Å². The van der Waals surface area contributed by atoms with E-state index >= 15 is 0 Å². The highest BCUT2D eigenvalue weighted by molar-refractivity contribution is 6.84. The molecule has 0 aromatic heterocycles. The van der Waals surface area contributed by atoms with Gasteiger partial charge in [0.15, 0.2) is 23.2 Å². The quantitative estimate of drug-likeness (QED) is 0.158. The van der Waals surface area contributed by atoms with E-state index in [1.807, 2.05) is 32.7 Å². The molecule has 0 aliphatic carbocycles. The molecule has 0 aromatic carbocycles. The van der Waals surface area contributed by atoms with Crippen LogP contribution < -0.4 is 5.11 Å². The zero-order valence-electron chi connectivity index (χ0n) is 18.0. The molecule has 0 saturated carbocycles. The van der Waals surface area contributed by atoms with Crippen molar-refractivity contribution >= 4 is 28.6 Å². The van der Waals surface area contributed by atoms with Crippen LogP contribution in [-0.2, 0) is 18.4 Å². The van der Waals surface area contributed by atoms with E-state index in [2.05, 4.69) is 4.74 Å². The average Bonchev–Trinajstić information content (AvgIpc) is 2.55. The average molecular weight is 518 g/mol. The van der Waals surface area contributed by atoms with Crippen molar-refractivity contribution in [1.29, 1.82) is 0 Å². The fourth-order valence-electron chi connectivity index (χ4n) is 2.68. The summed E-state index contributed by atoms with van der Waals surface area (Å²) in [5.74, 6) is -22.5. The number of rotatable bonds is 13. The Morgan fingerprint density at radius 3 is 1.91 bits per heavy atom. The number of hydrogen-bond acceptors (Lipinski definition) is 5. The molecule has 5 nitrogen and oxygen atoms in total. The summed E-state index contributed by atoms with van der Waals surface area (Å²) in [6.45, 7) is 6.86. The number of alkyl halides is 8.